The Balaban J connectivity index is 1.34. The molecule has 2 aliphatic heterocycles. The number of benzene rings is 3. The van der Waals surface area contributed by atoms with Crippen molar-refractivity contribution in [2.24, 2.45) is 0 Å². The molecule has 1 unspecified atom stereocenters. The van der Waals surface area contributed by atoms with E-state index in [1.165, 1.54) is 17.3 Å². The Bertz CT molecular complexity index is 1840. The molecule has 0 fully saturated rings. The Hall–Kier alpha value is -3.05. The number of hydrogen-bond donors (Lipinski definition) is 2. The lowest BCUT2D eigenvalue weighted by atomic mass is 9.78. The summed E-state index contributed by atoms with van der Waals surface area (Å²) in [6.07, 6.45) is 5.06. The van der Waals surface area contributed by atoms with Crippen molar-refractivity contribution in [1.29, 1.82) is 0 Å². The first-order valence-corrected chi connectivity index (χ1v) is 18.7. The average molecular weight is 654 g/mol. The maximum atomic E-state index is 12.0. The van der Waals surface area contributed by atoms with Crippen LogP contribution in [0.3, 0.4) is 0 Å². The fourth-order valence-corrected chi connectivity index (χ4v) is 8.45. The Morgan fingerprint density at radius 2 is 1.56 bits per heavy atom. The highest BCUT2D eigenvalue weighted by Gasteiger charge is 2.46. The normalized spacial score (nSPS) is 18.7. The van der Waals surface area contributed by atoms with Gasteiger partial charge < -0.3 is 4.90 Å². The maximum absolute atomic E-state index is 12.0. The van der Waals surface area contributed by atoms with E-state index in [9.17, 15) is 25.9 Å². The molecule has 3 aromatic carbocycles. The topological polar surface area (TPSA) is 115 Å². The zero-order chi connectivity index (χ0) is 32.8. The second-order valence-corrected chi connectivity index (χ2v) is 16.6. The van der Waals surface area contributed by atoms with E-state index in [2.05, 4.69) is 74.4 Å². The van der Waals surface area contributed by atoms with Gasteiger partial charge in [-0.05, 0) is 75.1 Å². The quantitative estimate of drug-likeness (QED) is 0.119. The summed E-state index contributed by atoms with van der Waals surface area (Å²) in [6.45, 7) is 11.3. The van der Waals surface area contributed by atoms with Crippen LogP contribution in [0.4, 0.5) is 17.1 Å². The van der Waals surface area contributed by atoms with E-state index in [1.807, 2.05) is 24.3 Å². The fourth-order valence-electron chi connectivity index (χ4n) is 7.45. The number of hydrogen-bond acceptors (Lipinski definition) is 5. The second kappa shape index (κ2) is 12.3. The van der Waals surface area contributed by atoms with Gasteiger partial charge in [-0.1, -0.05) is 57.0 Å². The molecule has 242 valence electrons. The maximum Gasteiger partial charge on any atom is 0.294 e. The summed E-state index contributed by atoms with van der Waals surface area (Å²) in [5, 5.41) is 0. The SMILES string of the molecule is Cc1cccc(N2c3ccc(S(=O)(=O)O)cc3C(C)(C)C2CCCCCC2=[N+](CCCS(=O)(=O)O)c3ccccc3C2(C)C)c1. The minimum absolute atomic E-state index is 0.0856. The molecule has 2 N–H and O–H groups in total. The van der Waals surface area contributed by atoms with Crippen molar-refractivity contribution in [1.82, 2.24) is 0 Å². The smallest absolute Gasteiger partial charge is 0.294 e. The van der Waals surface area contributed by atoms with Crippen molar-refractivity contribution in [3.63, 3.8) is 0 Å². The molecule has 2 heterocycles. The second-order valence-electron chi connectivity index (χ2n) is 13.6. The Labute approximate surface area is 268 Å². The van der Waals surface area contributed by atoms with E-state index >= 15 is 0 Å². The van der Waals surface area contributed by atoms with Gasteiger partial charge in [0.25, 0.3) is 20.2 Å². The van der Waals surface area contributed by atoms with Gasteiger partial charge in [0.15, 0.2) is 5.71 Å². The predicted molar refractivity (Wildman–Crippen MR) is 180 cm³/mol. The van der Waals surface area contributed by atoms with Gasteiger partial charge in [-0.25, -0.2) is 0 Å². The van der Waals surface area contributed by atoms with Gasteiger partial charge >= 0.3 is 0 Å². The third kappa shape index (κ3) is 6.75. The number of nitrogens with zero attached hydrogens (tertiary/aromatic N) is 2. The molecule has 0 bridgehead atoms. The molecule has 2 aliphatic rings. The van der Waals surface area contributed by atoms with Crippen LogP contribution in [0.2, 0.25) is 0 Å². The fraction of sp³-hybridized carbons (Fsp3) is 0.457. The van der Waals surface area contributed by atoms with Gasteiger partial charge in [0.1, 0.15) is 6.54 Å². The summed E-state index contributed by atoms with van der Waals surface area (Å²) in [5.74, 6) is -0.262. The monoisotopic (exact) mass is 653 g/mol. The summed E-state index contributed by atoms with van der Waals surface area (Å²) in [7, 11) is -8.35. The Morgan fingerprint density at radius 1 is 0.822 bits per heavy atom. The van der Waals surface area contributed by atoms with Crippen LogP contribution in [0, 0.1) is 6.92 Å². The van der Waals surface area contributed by atoms with Crippen LogP contribution in [0.15, 0.2) is 71.6 Å². The lowest BCUT2D eigenvalue weighted by molar-refractivity contribution is -0.439. The van der Waals surface area contributed by atoms with Crippen LogP contribution in [-0.2, 0) is 31.1 Å². The minimum atomic E-state index is -4.33. The van der Waals surface area contributed by atoms with E-state index in [-0.39, 0.29) is 27.5 Å². The van der Waals surface area contributed by atoms with Crippen LogP contribution >= 0.6 is 0 Å². The zero-order valence-electron chi connectivity index (χ0n) is 26.8. The molecule has 0 radical (unpaired) electrons. The number of aryl methyl sites for hydroxylation is 1. The number of para-hydroxylation sites is 1. The molecular weight excluding hydrogens is 609 g/mol. The van der Waals surface area contributed by atoms with Gasteiger partial charge in [-0.3, -0.25) is 9.11 Å². The molecule has 0 aromatic heterocycles. The van der Waals surface area contributed by atoms with Crippen molar-refractivity contribution >= 4 is 43.0 Å². The predicted octanol–water partition coefficient (Wildman–Crippen LogP) is 7.34. The van der Waals surface area contributed by atoms with Crippen molar-refractivity contribution in [3.8, 4) is 0 Å². The Kier molecular flexibility index (Phi) is 9.09. The lowest BCUT2D eigenvalue weighted by Crippen LogP contribution is -2.39. The highest BCUT2D eigenvalue weighted by atomic mass is 32.2. The third-order valence-electron chi connectivity index (χ3n) is 9.73. The highest BCUT2D eigenvalue weighted by molar-refractivity contribution is 7.86. The zero-order valence-corrected chi connectivity index (χ0v) is 28.5. The van der Waals surface area contributed by atoms with Gasteiger partial charge in [0.05, 0.1) is 16.1 Å². The van der Waals surface area contributed by atoms with Gasteiger partial charge in [-0.2, -0.15) is 21.4 Å². The van der Waals surface area contributed by atoms with E-state index in [4.69, 9.17) is 0 Å². The third-order valence-corrected chi connectivity index (χ3v) is 11.4. The van der Waals surface area contributed by atoms with Gasteiger partial charge in [0, 0.05) is 47.3 Å². The first-order valence-electron chi connectivity index (χ1n) is 15.7. The molecule has 0 saturated carbocycles. The number of rotatable bonds is 12. The Morgan fingerprint density at radius 3 is 2.24 bits per heavy atom. The number of fused-ring (bicyclic) bond motifs is 2. The largest absolute Gasteiger partial charge is 0.337 e. The van der Waals surface area contributed by atoms with Crippen LogP contribution in [0.25, 0.3) is 0 Å². The highest BCUT2D eigenvalue weighted by Crippen LogP contribution is 2.51. The summed E-state index contributed by atoms with van der Waals surface area (Å²) < 4.78 is 68.2. The molecule has 45 heavy (non-hydrogen) atoms. The minimum Gasteiger partial charge on any atom is -0.337 e. The first kappa shape index (κ1) is 33.3. The summed E-state index contributed by atoms with van der Waals surface area (Å²) >= 11 is 0. The van der Waals surface area contributed by atoms with Crippen LogP contribution < -0.4 is 4.90 Å². The average Bonchev–Trinajstić information content (AvgIpc) is 3.30. The van der Waals surface area contributed by atoms with Crippen molar-refractivity contribution in [2.45, 2.75) is 94.9 Å². The van der Waals surface area contributed by atoms with Gasteiger partial charge in [0.2, 0.25) is 5.69 Å². The van der Waals surface area contributed by atoms with Crippen LogP contribution in [0.5, 0.6) is 0 Å². The molecule has 0 saturated heterocycles. The van der Waals surface area contributed by atoms with Crippen molar-refractivity contribution in [3.05, 3.63) is 83.4 Å². The molecule has 10 heteroatoms. The molecule has 5 rings (SSSR count). The van der Waals surface area contributed by atoms with E-state index in [0.29, 0.717) is 13.0 Å². The molecular formula is C35H45N2O6S2+. The van der Waals surface area contributed by atoms with Crippen LogP contribution in [0.1, 0.15) is 82.9 Å². The summed E-state index contributed by atoms with van der Waals surface area (Å²) in [6, 6.07) is 21.6. The van der Waals surface area contributed by atoms with Crippen molar-refractivity contribution in [2.75, 3.05) is 17.2 Å². The van der Waals surface area contributed by atoms with Crippen molar-refractivity contribution < 1.29 is 30.5 Å². The number of anilines is 2. The summed E-state index contributed by atoms with van der Waals surface area (Å²) in [4.78, 5) is 2.25. The molecule has 0 aliphatic carbocycles. The number of unbranched alkanes of at least 4 members (excludes halogenated alkanes) is 2. The summed E-state index contributed by atoms with van der Waals surface area (Å²) in [5.41, 5.74) is 7.14. The molecule has 3 aromatic rings. The molecule has 1 atom stereocenters. The lowest BCUT2D eigenvalue weighted by Gasteiger charge is -2.35. The molecule has 8 nitrogen and oxygen atoms in total. The standard InChI is InChI=1S/C35H44N2O6S2/c1-25-13-11-14-26(23-25)37-31-20-19-27(45(41,42)43)24-29(31)35(4,5)33(37)18-8-6-7-17-32-34(2,3)28-15-9-10-16-30(28)36(32)21-12-22-44(38,39)40/h9-11,13-16,19-20,23-24,33H,6-8,12,17-18,21-22H2,1-5H3,(H-,38,39,40,41,42,43)/p+1. The molecule has 0 spiro atoms. The van der Waals surface area contributed by atoms with Crippen LogP contribution in [-0.4, -0.2) is 54.6 Å². The van der Waals surface area contributed by atoms with E-state index in [1.54, 1.807) is 6.07 Å². The van der Waals surface area contributed by atoms with E-state index < -0.39 is 20.2 Å². The van der Waals surface area contributed by atoms with Gasteiger partial charge in [-0.15, -0.1) is 0 Å². The molecule has 0 amide bonds. The van der Waals surface area contributed by atoms with E-state index in [0.717, 1.165) is 60.3 Å². The first-order chi connectivity index (χ1) is 21.0.